The minimum absolute atomic E-state index is 0.0147. The van der Waals surface area contributed by atoms with Crippen molar-refractivity contribution in [1.29, 1.82) is 0 Å². The van der Waals surface area contributed by atoms with Crippen molar-refractivity contribution in [2.24, 2.45) is 0 Å². The maximum atomic E-state index is 15.3. The summed E-state index contributed by atoms with van der Waals surface area (Å²) in [6, 6.07) is 2.23. The first-order valence-electron chi connectivity index (χ1n) is 12.2. The molecule has 5 rings (SSSR count). The normalized spacial score (nSPS) is 31.6. The number of carbonyl (C=O) groups is 2. The lowest BCUT2D eigenvalue weighted by Gasteiger charge is -2.55. The molecule has 4 fully saturated rings. The molecule has 13 heteroatoms. The Kier molecular flexibility index (Phi) is 8.20. The number of fused-ring (bicyclic) bond motifs is 3. The number of alkyl halides is 4. The van der Waals surface area contributed by atoms with Crippen LogP contribution >= 0.6 is 11.6 Å². The highest BCUT2D eigenvalue weighted by atomic mass is 35.5. The van der Waals surface area contributed by atoms with E-state index < -0.39 is 53.2 Å². The predicted octanol–water partition coefficient (Wildman–Crippen LogP) is 3.58. The lowest BCUT2D eigenvalue weighted by Crippen LogP contribution is -2.69. The maximum Gasteiger partial charge on any atom is 0.403 e. The summed E-state index contributed by atoms with van der Waals surface area (Å²) in [6.07, 6.45) is -4.71. The van der Waals surface area contributed by atoms with Crippen LogP contribution in [0.1, 0.15) is 44.9 Å². The molecular formula is C24H29ClF5N3O4. The number of hydrogen-bond acceptors (Lipinski definition) is 5. The van der Waals surface area contributed by atoms with Gasteiger partial charge < -0.3 is 25.4 Å². The summed E-state index contributed by atoms with van der Waals surface area (Å²) in [5, 5.41) is 7.91. The fourth-order valence-corrected chi connectivity index (χ4v) is 5.53. The van der Waals surface area contributed by atoms with E-state index in [1.165, 1.54) is 12.1 Å². The average Bonchev–Trinajstić information content (AvgIpc) is 2.84. The molecule has 3 saturated carbocycles. The third kappa shape index (κ3) is 6.64. The molecule has 7 nitrogen and oxygen atoms in total. The molecular weight excluding hydrogens is 525 g/mol. The predicted molar refractivity (Wildman–Crippen MR) is 123 cm³/mol. The Balaban J connectivity index is 1.21. The van der Waals surface area contributed by atoms with Gasteiger partial charge in [-0.05, 0) is 50.7 Å². The fraction of sp³-hybridized carbons (Fsp3) is 0.667. The van der Waals surface area contributed by atoms with Gasteiger partial charge >= 0.3 is 6.18 Å². The van der Waals surface area contributed by atoms with Crippen molar-refractivity contribution >= 4 is 23.4 Å². The van der Waals surface area contributed by atoms with E-state index in [1.54, 1.807) is 0 Å². The van der Waals surface area contributed by atoms with Gasteiger partial charge in [-0.15, -0.1) is 0 Å². The van der Waals surface area contributed by atoms with Gasteiger partial charge in [-0.2, -0.15) is 13.2 Å². The number of carbonyl (C=O) groups excluding carboxylic acids is 2. The Hall–Kier alpha value is -2.18. The van der Waals surface area contributed by atoms with Crippen molar-refractivity contribution < 1.29 is 41.0 Å². The van der Waals surface area contributed by atoms with E-state index in [2.05, 4.69) is 16.0 Å². The van der Waals surface area contributed by atoms with Gasteiger partial charge in [0.25, 0.3) is 5.91 Å². The summed E-state index contributed by atoms with van der Waals surface area (Å²) in [5.41, 5.74) is -1.84. The number of rotatable bonds is 8. The SMILES string of the molecule is O=C(COc1ccc(Cl)c(F)c1)NC12CCC(NC(=O)COC3CCC(C(F)(F)F)NC3)(CC1)[C@@H](F)C2. The van der Waals surface area contributed by atoms with Crippen LogP contribution in [0, 0.1) is 5.82 Å². The zero-order chi connectivity index (χ0) is 26.8. The molecule has 2 bridgehead atoms. The van der Waals surface area contributed by atoms with Crippen molar-refractivity contribution in [3.8, 4) is 5.75 Å². The van der Waals surface area contributed by atoms with E-state index in [0.717, 1.165) is 6.07 Å². The monoisotopic (exact) mass is 553 g/mol. The van der Waals surface area contributed by atoms with Crippen LogP contribution < -0.4 is 20.7 Å². The largest absolute Gasteiger partial charge is 0.484 e. The first-order valence-corrected chi connectivity index (χ1v) is 12.5. The number of halogens is 6. The molecule has 2 amide bonds. The molecule has 4 aliphatic rings. The smallest absolute Gasteiger partial charge is 0.403 e. The second-order valence-electron chi connectivity index (χ2n) is 10.1. The Morgan fingerprint density at radius 2 is 1.78 bits per heavy atom. The van der Waals surface area contributed by atoms with Crippen molar-refractivity contribution in [3.05, 3.63) is 29.0 Å². The van der Waals surface area contributed by atoms with Crippen molar-refractivity contribution in [1.82, 2.24) is 16.0 Å². The van der Waals surface area contributed by atoms with E-state index in [1.807, 2.05) is 0 Å². The van der Waals surface area contributed by atoms with Crippen LogP contribution in [0.4, 0.5) is 22.0 Å². The summed E-state index contributed by atoms with van der Waals surface area (Å²) in [4.78, 5) is 25.0. The first kappa shape index (κ1) is 27.8. The molecule has 37 heavy (non-hydrogen) atoms. The summed E-state index contributed by atoms with van der Waals surface area (Å²) in [7, 11) is 0. The summed E-state index contributed by atoms with van der Waals surface area (Å²) in [6.45, 7) is -0.770. The third-order valence-corrected chi connectivity index (χ3v) is 7.84. The van der Waals surface area contributed by atoms with E-state index in [-0.39, 0.29) is 49.8 Å². The molecule has 206 valence electrons. The van der Waals surface area contributed by atoms with Gasteiger partial charge in [-0.3, -0.25) is 9.59 Å². The van der Waals surface area contributed by atoms with E-state index in [9.17, 15) is 27.2 Å². The van der Waals surface area contributed by atoms with Gasteiger partial charge in [0.05, 0.1) is 16.7 Å². The highest BCUT2D eigenvalue weighted by molar-refractivity contribution is 6.30. The molecule has 0 spiro atoms. The standard InChI is InChI=1S/C24H29ClF5N3O4/c25-16-3-1-14(9-17(16)26)36-12-20(34)32-22-5-7-23(8-6-22,18(27)10-22)33-21(35)13-37-15-2-4-19(31-11-15)24(28,29)30/h1,3,9,15,18-19,31H,2,4-8,10-13H2,(H,32,34)(H,33,35)/t15?,18-,19?,22?,23?/m0/s1. The van der Waals surface area contributed by atoms with E-state index in [4.69, 9.17) is 21.1 Å². The number of nitrogens with one attached hydrogen (secondary N) is 3. The molecule has 3 aliphatic carbocycles. The molecule has 3 atom stereocenters. The van der Waals surface area contributed by atoms with E-state index >= 15 is 4.39 Å². The lowest BCUT2D eigenvalue weighted by molar-refractivity contribution is -0.166. The van der Waals surface area contributed by atoms with Crippen molar-refractivity contribution in [2.75, 3.05) is 19.8 Å². The molecule has 1 aromatic carbocycles. The summed E-state index contributed by atoms with van der Waals surface area (Å²) in [5.74, 6) is -1.53. The second-order valence-corrected chi connectivity index (χ2v) is 10.5. The topological polar surface area (TPSA) is 88.7 Å². The molecule has 0 radical (unpaired) electrons. The highest BCUT2D eigenvalue weighted by Crippen LogP contribution is 2.48. The molecule has 1 saturated heterocycles. The first-order chi connectivity index (χ1) is 17.4. The number of piperidine rings is 1. The summed E-state index contributed by atoms with van der Waals surface area (Å²) < 4.78 is 77.8. The van der Waals surface area contributed by atoms with Gasteiger partial charge in [0.1, 0.15) is 30.4 Å². The molecule has 1 aliphatic heterocycles. The Bertz CT molecular complexity index is 995. The molecule has 3 N–H and O–H groups in total. The minimum Gasteiger partial charge on any atom is -0.484 e. The second kappa shape index (κ2) is 10.9. The van der Waals surface area contributed by atoms with Gasteiger partial charge in [0.15, 0.2) is 6.61 Å². The maximum absolute atomic E-state index is 15.3. The van der Waals surface area contributed by atoms with Crippen LogP contribution in [0.25, 0.3) is 0 Å². The van der Waals surface area contributed by atoms with Crippen LogP contribution in [-0.4, -0.2) is 67.1 Å². The zero-order valence-electron chi connectivity index (χ0n) is 19.9. The Morgan fingerprint density at radius 1 is 1.08 bits per heavy atom. The molecule has 0 aromatic heterocycles. The average molecular weight is 554 g/mol. The fourth-order valence-electron chi connectivity index (χ4n) is 5.42. The van der Waals surface area contributed by atoms with Crippen LogP contribution in [-0.2, 0) is 14.3 Å². The van der Waals surface area contributed by atoms with Crippen LogP contribution in [0.15, 0.2) is 18.2 Å². The highest BCUT2D eigenvalue weighted by Gasteiger charge is 2.56. The number of amides is 2. The number of hydrogen-bond donors (Lipinski definition) is 3. The lowest BCUT2D eigenvalue weighted by atomic mass is 9.60. The van der Waals surface area contributed by atoms with Gasteiger partial charge in [-0.1, -0.05) is 11.6 Å². The molecule has 1 aromatic rings. The van der Waals surface area contributed by atoms with Crippen LogP contribution in [0.3, 0.4) is 0 Å². The minimum atomic E-state index is -4.32. The third-order valence-electron chi connectivity index (χ3n) is 7.54. The molecule has 2 unspecified atom stereocenters. The van der Waals surface area contributed by atoms with Gasteiger partial charge in [0, 0.05) is 24.6 Å². The zero-order valence-corrected chi connectivity index (χ0v) is 20.7. The van der Waals surface area contributed by atoms with Gasteiger partial charge in [-0.25, -0.2) is 8.78 Å². The quantitative estimate of drug-likeness (QED) is 0.428. The van der Waals surface area contributed by atoms with Crippen molar-refractivity contribution in [3.63, 3.8) is 0 Å². The number of ether oxygens (including phenoxy) is 2. The Morgan fingerprint density at radius 3 is 2.38 bits per heavy atom. The number of benzene rings is 1. The molecule has 1 heterocycles. The summed E-state index contributed by atoms with van der Waals surface area (Å²) >= 11 is 5.63. The van der Waals surface area contributed by atoms with Gasteiger partial charge in [0.2, 0.25) is 5.91 Å². The van der Waals surface area contributed by atoms with Crippen LogP contribution in [0.5, 0.6) is 5.75 Å². The van der Waals surface area contributed by atoms with E-state index in [0.29, 0.717) is 25.7 Å². The van der Waals surface area contributed by atoms with Crippen molar-refractivity contribution in [2.45, 2.75) is 80.5 Å². The Labute approximate surface area is 215 Å². The van der Waals surface area contributed by atoms with Crippen LogP contribution in [0.2, 0.25) is 5.02 Å².